The number of nitrogens with zero attached hydrogens (tertiary/aromatic N) is 2. The smallest absolute Gasteiger partial charge is 0.343 e. The Morgan fingerprint density at radius 2 is 1.75 bits per heavy atom. The van der Waals surface area contributed by atoms with Gasteiger partial charge in [-0.15, -0.1) is 0 Å². The average molecular weight is 550 g/mol. The minimum atomic E-state index is -4.16. The van der Waals surface area contributed by atoms with Crippen LogP contribution < -0.4 is 14.5 Å². The number of hydrogen-bond donors (Lipinski definition) is 1. The maximum Gasteiger partial charge on any atom is 0.343 e. The zero-order valence-corrected chi connectivity index (χ0v) is 21.3. The van der Waals surface area contributed by atoms with E-state index >= 15 is 0 Å². The molecule has 3 aromatic rings. The van der Waals surface area contributed by atoms with Crippen molar-refractivity contribution >= 4 is 57.0 Å². The molecule has 0 saturated heterocycles. The molecule has 36 heavy (non-hydrogen) atoms. The molecule has 0 unspecified atom stereocenters. The van der Waals surface area contributed by atoms with Gasteiger partial charge in [0.05, 0.1) is 34.0 Å². The van der Waals surface area contributed by atoms with E-state index in [4.69, 9.17) is 27.9 Å². The Balaban J connectivity index is 1.77. The molecule has 0 bridgehead atoms. The van der Waals surface area contributed by atoms with Crippen molar-refractivity contribution < 1.29 is 27.5 Å². The molecule has 188 valence electrons. The summed E-state index contributed by atoms with van der Waals surface area (Å²) in [7, 11) is -2.91. The molecule has 12 heteroatoms. The first-order valence-electron chi connectivity index (χ1n) is 10.4. The van der Waals surface area contributed by atoms with E-state index in [2.05, 4.69) is 15.3 Å². The summed E-state index contributed by atoms with van der Waals surface area (Å²) in [6.07, 6.45) is 1.34. The van der Waals surface area contributed by atoms with E-state index in [1.54, 1.807) is 42.5 Å². The lowest BCUT2D eigenvalue weighted by atomic mass is 10.2. The third-order valence-corrected chi connectivity index (χ3v) is 7.25. The number of benzene rings is 3. The van der Waals surface area contributed by atoms with Gasteiger partial charge in [-0.25, -0.2) is 18.6 Å². The van der Waals surface area contributed by atoms with Gasteiger partial charge in [-0.2, -0.15) is 5.10 Å². The molecule has 0 fully saturated rings. The molecule has 3 aromatic carbocycles. The molecule has 1 N–H and O–H groups in total. The Labute approximate surface area is 218 Å². The highest BCUT2D eigenvalue weighted by molar-refractivity contribution is 7.92. The van der Waals surface area contributed by atoms with E-state index in [0.717, 1.165) is 4.31 Å². The molecule has 0 aliphatic rings. The number of anilines is 1. The van der Waals surface area contributed by atoms with E-state index in [9.17, 15) is 18.0 Å². The van der Waals surface area contributed by atoms with Gasteiger partial charge in [0.2, 0.25) is 0 Å². The number of rotatable bonds is 10. The van der Waals surface area contributed by atoms with Crippen molar-refractivity contribution in [2.24, 2.45) is 5.10 Å². The Morgan fingerprint density at radius 1 is 1.03 bits per heavy atom. The molecule has 0 saturated carbocycles. The average Bonchev–Trinajstić information content (AvgIpc) is 2.88. The molecule has 0 aromatic heterocycles. The normalized spacial score (nSPS) is 11.2. The highest BCUT2D eigenvalue weighted by atomic mass is 35.5. The molecular weight excluding hydrogens is 529 g/mol. The summed E-state index contributed by atoms with van der Waals surface area (Å²) in [4.78, 5) is 23.9. The maximum atomic E-state index is 13.4. The number of halogens is 2. The van der Waals surface area contributed by atoms with E-state index in [1.807, 2.05) is 0 Å². The van der Waals surface area contributed by atoms with Crippen LogP contribution in [0.1, 0.15) is 5.56 Å². The van der Waals surface area contributed by atoms with Crippen LogP contribution in [0.25, 0.3) is 0 Å². The minimum absolute atomic E-state index is 0.0151. The molecule has 9 nitrogen and oxygen atoms in total. The number of sulfonamides is 1. The lowest BCUT2D eigenvalue weighted by molar-refractivity contribution is -0.142. The monoisotopic (exact) mass is 549 g/mol. The SMILES string of the molecule is COC(=O)COc1cccc(/C=N\NC(=O)CN(c2cccc(Cl)c2Cl)S(=O)(=O)c2ccccc2)c1. The highest BCUT2D eigenvalue weighted by Gasteiger charge is 2.29. The summed E-state index contributed by atoms with van der Waals surface area (Å²) in [5.74, 6) is -0.859. The number of carbonyl (C=O) groups is 2. The second-order valence-electron chi connectivity index (χ2n) is 7.13. The van der Waals surface area contributed by atoms with E-state index in [-0.39, 0.29) is 27.2 Å². The van der Waals surface area contributed by atoms with E-state index < -0.39 is 28.4 Å². The van der Waals surface area contributed by atoms with Crippen LogP contribution in [-0.4, -0.2) is 46.8 Å². The van der Waals surface area contributed by atoms with Crippen LogP contribution in [0.3, 0.4) is 0 Å². The Morgan fingerprint density at radius 3 is 2.47 bits per heavy atom. The van der Waals surface area contributed by atoms with Crippen LogP contribution in [0.5, 0.6) is 5.75 Å². The van der Waals surface area contributed by atoms with Gasteiger partial charge in [-0.05, 0) is 42.0 Å². The number of hydrazone groups is 1. The third kappa shape index (κ3) is 6.97. The standard InChI is InChI=1S/C24H21Cl2N3O6S/c1-34-23(31)16-35-18-8-5-7-17(13-18)14-27-28-22(30)15-29(21-12-6-11-20(25)24(21)26)36(32,33)19-9-3-2-4-10-19/h2-14H,15-16H2,1H3,(H,28,30)/b27-14-. The molecule has 3 rings (SSSR count). The molecule has 0 atom stereocenters. The van der Waals surface area contributed by atoms with Gasteiger partial charge in [-0.1, -0.05) is 59.6 Å². The lowest BCUT2D eigenvalue weighted by Crippen LogP contribution is -2.39. The first-order valence-corrected chi connectivity index (χ1v) is 12.6. The number of amides is 1. The molecule has 1 amide bonds. The summed E-state index contributed by atoms with van der Waals surface area (Å²) >= 11 is 12.4. The molecular formula is C24H21Cl2N3O6S. The van der Waals surface area contributed by atoms with Gasteiger partial charge in [0.25, 0.3) is 15.9 Å². The summed E-state index contributed by atoms with van der Waals surface area (Å²) < 4.78 is 37.4. The summed E-state index contributed by atoms with van der Waals surface area (Å²) in [5, 5.41) is 4.00. The molecule has 0 aliphatic heterocycles. The summed E-state index contributed by atoms with van der Waals surface area (Å²) in [6, 6.07) is 18.7. The second kappa shape index (κ2) is 12.4. The number of nitrogens with one attached hydrogen (secondary N) is 1. The largest absolute Gasteiger partial charge is 0.482 e. The van der Waals surface area contributed by atoms with Crippen LogP contribution >= 0.6 is 23.2 Å². The predicted octanol–water partition coefficient (Wildman–Crippen LogP) is 3.89. The highest BCUT2D eigenvalue weighted by Crippen LogP contribution is 2.35. The first kappa shape index (κ1) is 27.0. The van der Waals surface area contributed by atoms with Crippen LogP contribution in [0, 0.1) is 0 Å². The number of methoxy groups -OCH3 is 1. The maximum absolute atomic E-state index is 13.4. The second-order valence-corrected chi connectivity index (χ2v) is 9.78. The molecule has 0 spiro atoms. The fourth-order valence-electron chi connectivity index (χ4n) is 2.93. The first-order chi connectivity index (χ1) is 17.2. The van der Waals surface area contributed by atoms with E-state index in [1.165, 1.54) is 43.7 Å². The fourth-order valence-corrected chi connectivity index (χ4v) is 4.84. The predicted molar refractivity (Wildman–Crippen MR) is 137 cm³/mol. The number of carbonyl (C=O) groups excluding carboxylic acids is 2. The van der Waals surface area contributed by atoms with Crippen molar-refractivity contribution in [2.45, 2.75) is 4.90 Å². The van der Waals surface area contributed by atoms with Crippen molar-refractivity contribution in [3.8, 4) is 5.75 Å². The Hall–Kier alpha value is -3.60. The van der Waals surface area contributed by atoms with Crippen LogP contribution in [0.4, 0.5) is 5.69 Å². The zero-order chi connectivity index (χ0) is 26.1. The number of ether oxygens (including phenoxy) is 2. The third-order valence-electron chi connectivity index (χ3n) is 4.66. The summed E-state index contributed by atoms with van der Waals surface area (Å²) in [5.41, 5.74) is 2.90. The van der Waals surface area contributed by atoms with Crippen molar-refractivity contribution in [1.29, 1.82) is 0 Å². The van der Waals surface area contributed by atoms with Gasteiger partial charge >= 0.3 is 5.97 Å². The molecule has 0 heterocycles. The van der Waals surface area contributed by atoms with Gasteiger partial charge in [0.1, 0.15) is 12.3 Å². The van der Waals surface area contributed by atoms with E-state index in [0.29, 0.717) is 11.3 Å². The van der Waals surface area contributed by atoms with Crippen LogP contribution in [-0.2, 0) is 24.3 Å². The topological polar surface area (TPSA) is 114 Å². The van der Waals surface area contributed by atoms with Gasteiger partial charge in [0, 0.05) is 0 Å². The fraction of sp³-hybridized carbons (Fsp3) is 0.125. The zero-order valence-electron chi connectivity index (χ0n) is 18.9. The van der Waals surface area contributed by atoms with Gasteiger partial charge in [0.15, 0.2) is 6.61 Å². The van der Waals surface area contributed by atoms with Crippen LogP contribution in [0.2, 0.25) is 10.0 Å². The lowest BCUT2D eigenvalue weighted by Gasteiger charge is -2.24. The quantitative estimate of drug-likeness (QED) is 0.233. The number of hydrogen-bond acceptors (Lipinski definition) is 7. The Kier molecular flexibility index (Phi) is 9.29. The molecule has 0 radical (unpaired) electrons. The van der Waals surface area contributed by atoms with Crippen molar-refractivity contribution in [3.63, 3.8) is 0 Å². The van der Waals surface area contributed by atoms with Gasteiger partial charge in [-0.3, -0.25) is 9.10 Å². The Bertz CT molecular complexity index is 1370. The van der Waals surface area contributed by atoms with Crippen molar-refractivity contribution in [3.05, 3.63) is 88.4 Å². The van der Waals surface area contributed by atoms with Crippen LogP contribution in [0.15, 0.2) is 82.8 Å². The molecule has 0 aliphatic carbocycles. The number of esters is 1. The van der Waals surface area contributed by atoms with Crippen molar-refractivity contribution in [2.75, 3.05) is 24.6 Å². The van der Waals surface area contributed by atoms with Gasteiger partial charge < -0.3 is 9.47 Å². The van der Waals surface area contributed by atoms with Crippen molar-refractivity contribution in [1.82, 2.24) is 5.43 Å². The summed E-state index contributed by atoms with van der Waals surface area (Å²) in [6.45, 7) is -0.872. The minimum Gasteiger partial charge on any atom is -0.482 e.